The third-order valence-corrected chi connectivity index (χ3v) is 6.90. The Morgan fingerprint density at radius 3 is 2.24 bits per heavy atom. The fraction of sp³-hybridized carbons (Fsp3) is 0.212. The molecule has 0 aliphatic heterocycles. The van der Waals surface area contributed by atoms with E-state index in [1.807, 2.05) is 43.3 Å². The van der Waals surface area contributed by atoms with Gasteiger partial charge in [-0.3, -0.25) is 0 Å². The second kappa shape index (κ2) is 11.4. The normalized spacial score (nSPS) is 12.7. The van der Waals surface area contributed by atoms with Gasteiger partial charge in [0.15, 0.2) is 11.5 Å². The molecule has 38 heavy (non-hydrogen) atoms. The smallest absolute Gasteiger partial charge is 0.161 e. The zero-order chi connectivity index (χ0) is 26.4. The predicted octanol–water partition coefficient (Wildman–Crippen LogP) is 6.80. The van der Waals surface area contributed by atoms with Crippen molar-refractivity contribution in [3.8, 4) is 17.2 Å². The second-order valence-electron chi connectivity index (χ2n) is 9.28. The van der Waals surface area contributed by atoms with Crippen LogP contribution in [0.5, 0.6) is 17.2 Å². The minimum absolute atomic E-state index is 0.0201. The van der Waals surface area contributed by atoms with Crippen molar-refractivity contribution < 1.29 is 19.3 Å². The molecule has 1 unspecified atom stereocenters. The molecule has 1 atom stereocenters. The summed E-state index contributed by atoms with van der Waals surface area (Å²) >= 11 is 0. The van der Waals surface area contributed by atoms with Gasteiger partial charge in [0, 0.05) is 11.7 Å². The van der Waals surface area contributed by atoms with Crippen molar-refractivity contribution in [3.05, 3.63) is 126 Å². The van der Waals surface area contributed by atoms with Gasteiger partial charge in [-0.1, -0.05) is 66.7 Å². The highest BCUT2D eigenvalue weighted by atomic mass is 16.5. The topological polar surface area (TPSA) is 52.8 Å². The van der Waals surface area contributed by atoms with Gasteiger partial charge in [-0.2, -0.15) is 0 Å². The molecule has 1 N–H and O–H groups in total. The Hall–Kier alpha value is -4.22. The zero-order valence-corrected chi connectivity index (χ0v) is 21.8. The van der Waals surface area contributed by atoms with Crippen LogP contribution < -0.4 is 14.2 Å². The van der Waals surface area contributed by atoms with Gasteiger partial charge in [-0.25, -0.2) is 0 Å². The molecule has 4 aromatic carbocycles. The first-order chi connectivity index (χ1) is 18.6. The molecule has 0 spiro atoms. The molecular weight excluding hydrogens is 474 g/mol. The molecular formula is C33H33NO4. The summed E-state index contributed by atoms with van der Waals surface area (Å²) in [6.07, 6.45) is 2.14. The van der Waals surface area contributed by atoms with E-state index < -0.39 is 5.54 Å². The lowest BCUT2D eigenvalue weighted by molar-refractivity contribution is 0.201. The number of rotatable bonds is 11. The molecule has 0 bridgehead atoms. The van der Waals surface area contributed by atoms with Gasteiger partial charge in [0.2, 0.25) is 0 Å². The Labute approximate surface area is 223 Å². The number of para-hydroxylation sites is 1. The highest BCUT2D eigenvalue weighted by Gasteiger charge is 2.33. The van der Waals surface area contributed by atoms with E-state index in [1.54, 1.807) is 0 Å². The van der Waals surface area contributed by atoms with Crippen LogP contribution >= 0.6 is 0 Å². The Morgan fingerprint density at radius 2 is 1.47 bits per heavy atom. The number of hydrogen-bond acceptors (Lipinski definition) is 4. The van der Waals surface area contributed by atoms with E-state index in [0.29, 0.717) is 24.7 Å². The van der Waals surface area contributed by atoms with Crippen molar-refractivity contribution >= 4 is 10.9 Å². The van der Waals surface area contributed by atoms with Gasteiger partial charge in [0.1, 0.15) is 19.0 Å². The molecule has 0 aliphatic carbocycles. The number of ether oxygens (including phenoxy) is 3. The number of aliphatic hydroxyl groups is 1. The monoisotopic (exact) mass is 507 g/mol. The van der Waals surface area contributed by atoms with Crippen LogP contribution in [0.1, 0.15) is 30.5 Å². The Morgan fingerprint density at radius 1 is 0.737 bits per heavy atom. The first-order valence-electron chi connectivity index (χ1n) is 13.0. The number of hydrogen-bond donors (Lipinski definition) is 1. The fourth-order valence-electron chi connectivity index (χ4n) is 4.89. The third-order valence-electron chi connectivity index (χ3n) is 6.90. The van der Waals surface area contributed by atoms with Crippen molar-refractivity contribution in [1.82, 2.24) is 4.57 Å². The molecule has 0 amide bonds. The maximum Gasteiger partial charge on any atom is 0.161 e. The average Bonchev–Trinajstić information content (AvgIpc) is 3.41. The minimum Gasteiger partial charge on any atom is -0.491 e. The lowest BCUT2D eigenvalue weighted by Gasteiger charge is -2.34. The summed E-state index contributed by atoms with van der Waals surface area (Å²) in [5.74, 6) is 2.15. The summed E-state index contributed by atoms with van der Waals surface area (Å²) in [5, 5.41) is 10.3. The number of aromatic nitrogens is 1. The number of nitrogens with zero attached hydrogens (tertiary/aromatic N) is 1. The van der Waals surface area contributed by atoms with Gasteiger partial charge in [0.25, 0.3) is 0 Å². The SMILES string of the molecule is CCOc1cc(C(C)(c2ccc(OCCO)cc2)n2ccc3ccccc32)ccc1OCc1ccccc1. The van der Waals surface area contributed by atoms with E-state index in [-0.39, 0.29) is 13.2 Å². The highest BCUT2D eigenvalue weighted by molar-refractivity contribution is 5.81. The lowest BCUT2D eigenvalue weighted by Crippen LogP contribution is -2.32. The van der Waals surface area contributed by atoms with Crippen molar-refractivity contribution in [1.29, 1.82) is 0 Å². The molecule has 194 valence electrons. The molecule has 1 aromatic heterocycles. The molecule has 0 aliphatic rings. The summed E-state index contributed by atoms with van der Waals surface area (Å²) in [4.78, 5) is 0. The van der Waals surface area contributed by atoms with Crippen molar-refractivity contribution in [2.45, 2.75) is 26.0 Å². The zero-order valence-electron chi connectivity index (χ0n) is 21.8. The van der Waals surface area contributed by atoms with Gasteiger partial charge < -0.3 is 23.9 Å². The van der Waals surface area contributed by atoms with Crippen LogP contribution in [0.25, 0.3) is 10.9 Å². The largest absolute Gasteiger partial charge is 0.491 e. The second-order valence-corrected chi connectivity index (χ2v) is 9.28. The van der Waals surface area contributed by atoms with Crippen LogP contribution in [0.2, 0.25) is 0 Å². The first-order valence-corrected chi connectivity index (χ1v) is 13.0. The van der Waals surface area contributed by atoms with E-state index >= 15 is 0 Å². The summed E-state index contributed by atoms with van der Waals surface area (Å²) in [6.45, 7) is 5.45. The number of aliphatic hydroxyl groups excluding tert-OH is 1. The Kier molecular flexibility index (Phi) is 7.66. The quantitative estimate of drug-likeness (QED) is 0.214. The maximum atomic E-state index is 9.13. The first kappa shape index (κ1) is 25.4. The van der Waals surface area contributed by atoms with Gasteiger partial charge in [0.05, 0.1) is 18.8 Å². The van der Waals surface area contributed by atoms with E-state index in [0.717, 1.165) is 28.0 Å². The van der Waals surface area contributed by atoms with Crippen LogP contribution in [0.4, 0.5) is 0 Å². The molecule has 5 nitrogen and oxygen atoms in total. The van der Waals surface area contributed by atoms with Crippen molar-refractivity contribution in [2.24, 2.45) is 0 Å². The van der Waals surface area contributed by atoms with E-state index in [9.17, 15) is 0 Å². The highest BCUT2D eigenvalue weighted by Crippen LogP contribution is 2.41. The summed E-state index contributed by atoms with van der Waals surface area (Å²) in [5.41, 5.74) is 3.85. The molecule has 5 heteroatoms. The number of fused-ring (bicyclic) bond motifs is 1. The minimum atomic E-state index is -0.553. The molecule has 0 saturated carbocycles. The lowest BCUT2D eigenvalue weighted by atomic mass is 9.83. The van der Waals surface area contributed by atoms with E-state index in [2.05, 4.69) is 84.4 Å². The van der Waals surface area contributed by atoms with Crippen LogP contribution in [-0.4, -0.2) is 29.5 Å². The molecule has 0 saturated heterocycles. The predicted molar refractivity (Wildman–Crippen MR) is 151 cm³/mol. The van der Waals surface area contributed by atoms with Gasteiger partial charge >= 0.3 is 0 Å². The molecule has 0 fully saturated rings. The maximum absolute atomic E-state index is 9.13. The Balaban J connectivity index is 1.59. The molecule has 1 heterocycles. The van der Waals surface area contributed by atoms with Crippen LogP contribution in [0.15, 0.2) is 109 Å². The fourth-order valence-corrected chi connectivity index (χ4v) is 4.89. The van der Waals surface area contributed by atoms with Crippen molar-refractivity contribution in [2.75, 3.05) is 19.8 Å². The van der Waals surface area contributed by atoms with Crippen LogP contribution in [-0.2, 0) is 12.1 Å². The third kappa shape index (κ3) is 5.11. The summed E-state index contributed by atoms with van der Waals surface area (Å²) < 4.78 is 20.2. The molecule has 0 radical (unpaired) electrons. The standard InChI is InChI=1S/C33H33NO4/c1-3-36-32-23-28(15-18-31(32)38-24-25-9-5-4-6-10-25)33(2,27-13-16-29(17-14-27)37-22-21-35)34-20-19-26-11-7-8-12-30(26)34/h4-20,23,35H,3,21-22,24H2,1-2H3. The van der Waals surface area contributed by atoms with E-state index in [4.69, 9.17) is 19.3 Å². The summed E-state index contributed by atoms with van der Waals surface area (Å²) in [7, 11) is 0. The van der Waals surface area contributed by atoms with Gasteiger partial charge in [-0.15, -0.1) is 0 Å². The van der Waals surface area contributed by atoms with E-state index in [1.165, 1.54) is 5.39 Å². The van der Waals surface area contributed by atoms with Crippen LogP contribution in [0.3, 0.4) is 0 Å². The van der Waals surface area contributed by atoms with Crippen molar-refractivity contribution in [3.63, 3.8) is 0 Å². The summed E-state index contributed by atoms with van der Waals surface area (Å²) in [6, 6.07) is 35.0. The molecule has 5 rings (SSSR count). The molecule has 5 aromatic rings. The number of benzene rings is 4. The average molecular weight is 508 g/mol. The Bertz CT molecular complexity index is 1480. The van der Waals surface area contributed by atoms with Crippen LogP contribution in [0, 0.1) is 0 Å². The van der Waals surface area contributed by atoms with Gasteiger partial charge in [-0.05, 0) is 72.3 Å².